The fourth-order valence-corrected chi connectivity index (χ4v) is 4.11. The zero-order valence-corrected chi connectivity index (χ0v) is 15.2. The van der Waals surface area contributed by atoms with Gasteiger partial charge < -0.3 is 19.6 Å². The average molecular weight is 359 g/mol. The van der Waals surface area contributed by atoms with E-state index in [0.29, 0.717) is 12.2 Å². The molecule has 0 unspecified atom stereocenters. The van der Waals surface area contributed by atoms with Crippen molar-refractivity contribution < 1.29 is 9.50 Å². The summed E-state index contributed by atoms with van der Waals surface area (Å²) in [6, 6.07) is 2.31. The molecule has 1 aliphatic rings. The van der Waals surface area contributed by atoms with E-state index in [1.165, 1.54) is 0 Å². The van der Waals surface area contributed by atoms with Crippen LogP contribution in [0.3, 0.4) is 0 Å². The van der Waals surface area contributed by atoms with Crippen molar-refractivity contribution in [2.75, 3.05) is 26.3 Å². The first-order valence-corrected chi connectivity index (χ1v) is 9.49. The highest BCUT2D eigenvalue weighted by molar-refractivity contribution is 6.01. The predicted octanol–water partition coefficient (Wildman–Crippen LogP) is 3.35. The standard InChI is InChI=1S/C19H26FN5O/c1-13(26)19-23-16-11-22-18-15(5-8-21-18)17(16)25(19)14-6-10-24(12-14)9-4-2-3-7-20/h5,8,11,13-14,26H,2-4,6-7,9-10,12H2,1H3,(H,21,22)/t13-,14+/m1/s1. The van der Waals surface area contributed by atoms with Gasteiger partial charge in [-0.15, -0.1) is 0 Å². The molecule has 0 radical (unpaired) electrons. The Bertz CT molecular complexity index is 887. The van der Waals surface area contributed by atoms with Crippen molar-refractivity contribution in [3.8, 4) is 0 Å². The molecule has 140 valence electrons. The zero-order chi connectivity index (χ0) is 18.1. The van der Waals surface area contributed by atoms with E-state index in [-0.39, 0.29) is 12.7 Å². The Morgan fingerprint density at radius 3 is 3.08 bits per heavy atom. The molecular weight excluding hydrogens is 333 g/mol. The number of imidazole rings is 1. The number of unbranched alkanes of at least 4 members (excludes halogenated alkanes) is 2. The summed E-state index contributed by atoms with van der Waals surface area (Å²) < 4.78 is 14.5. The minimum absolute atomic E-state index is 0.220. The topological polar surface area (TPSA) is 70.0 Å². The molecule has 3 aromatic rings. The lowest BCUT2D eigenvalue weighted by Crippen LogP contribution is -2.23. The lowest BCUT2D eigenvalue weighted by Gasteiger charge is -2.20. The molecule has 4 rings (SSSR count). The van der Waals surface area contributed by atoms with Gasteiger partial charge in [-0.05, 0) is 45.2 Å². The number of aromatic amines is 1. The van der Waals surface area contributed by atoms with Crippen molar-refractivity contribution in [2.24, 2.45) is 0 Å². The SMILES string of the molecule is C[C@@H](O)c1nc2cnc3[nH]ccc3c2n1[C@H]1CCN(CCCCCF)C1. The van der Waals surface area contributed by atoms with Crippen LogP contribution in [0.15, 0.2) is 18.5 Å². The number of nitrogens with one attached hydrogen (secondary N) is 1. The van der Waals surface area contributed by atoms with Gasteiger partial charge in [0.25, 0.3) is 0 Å². The van der Waals surface area contributed by atoms with Gasteiger partial charge in [-0.3, -0.25) is 4.39 Å². The fraction of sp³-hybridized carbons (Fsp3) is 0.579. The van der Waals surface area contributed by atoms with Crippen LogP contribution >= 0.6 is 0 Å². The monoisotopic (exact) mass is 359 g/mol. The van der Waals surface area contributed by atoms with Gasteiger partial charge in [0.2, 0.25) is 0 Å². The van der Waals surface area contributed by atoms with Crippen LogP contribution in [0.1, 0.15) is 50.6 Å². The number of rotatable bonds is 7. The second-order valence-electron chi connectivity index (χ2n) is 7.24. The Kier molecular flexibility index (Phi) is 4.91. The average Bonchev–Trinajstić information content (AvgIpc) is 3.34. The Hall–Kier alpha value is -1.99. The van der Waals surface area contributed by atoms with E-state index in [9.17, 15) is 9.50 Å². The predicted molar refractivity (Wildman–Crippen MR) is 99.9 cm³/mol. The lowest BCUT2D eigenvalue weighted by molar-refractivity contribution is 0.181. The van der Waals surface area contributed by atoms with Gasteiger partial charge in [0.15, 0.2) is 0 Å². The first-order valence-electron chi connectivity index (χ1n) is 9.49. The number of halogens is 1. The Labute approximate surface area is 152 Å². The van der Waals surface area contributed by atoms with E-state index in [0.717, 1.165) is 61.0 Å². The number of hydrogen-bond donors (Lipinski definition) is 2. The fourth-order valence-electron chi connectivity index (χ4n) is 4.11. The van der Waals surface area contributed by atoms with Crippen LogP contribution in [0.5, 0.6) is 0 Å². The molecule has 1 fully saturated rings. The number of nitrogens with zero attached hydrogens (tertiary/aromatic N) is 4. The van der Waals surface area contributed by atoms with Gasteiger partial charge in [-0.1, -0.05) is 0 Å². The maximum absolute atomic E-state index is 12.3. The van der Waals surface area contributed by atoms with Crippen LogP contribution in [0, 0.1) is 0 Å². The van der Waals surface area contributed by atoms with E-state index in [1.54, 1.807) is 13.1 Å². The summed E-state index contributed by atoms with van der Waals surface area (Å²) in [4.78, 5) is 14.7. The molecule has 0 aromatic carbocycles. The Morgan fingerprint density at radius 1 is 1.38 bits per heavy atom. The van der Waals surface area contributed by atoms with E-state index in [1.807, 2.05) is 12.3 Å². The molecule has 2 atom stereocenters. The van der Waals surface area contributed by atoms with Gasteiger partial charge in [-0.2, -0.15) is 0 Å². The first kappa shape index (κ1) is 17.4. The number of H-pyrrole nitrogens is 1. The summed E-state index contributed by atoms with van der Waals surface area (Å²) in [7, 11) is 0. The van der Waals surface area contributed by atoms with Crippen molar-refractivity contribution in [3.05, 3.63) is 24.3 Å². The van der Waals surface area contributed by atoms with Crippen LogP contribution in [-0.2, 0) is 0 Å². The molecule has 0 amide bonds. The number of aliphatic hydroxyl groups is 1. The summed E-state index contributed by atoms with van der Waals surface area (Å²) in [5.41, 5.74) is 2.72. The van der Waals surface area contributed by atoms with Gasteiger partial charge >= 0.3 is 0 Å². The van der Waals surface area contributed by atoms with Crippen molar-refractivity contribution in [1.82, 2.24) is 24.4 Å². The molecule has 0 spiro atoms. The lowest BCUT2D eigenvalue weighted by atomic mass is 10.2. The highest BCUT2D eigenvalue weighted by Gasteiger charge is 2.29. The van der Waals surface area contributed by atoms with Crippen molar-refractivity contribution in [3.63, 3.8) is 0 Å². The molecule has 7 heteroatoms. The maximum Gasteiger partial charge on any atom is 0.139 e. The number of aliphatic hydroxyl groups excluding tert-OH is 1. The minimum atomic E-state index is -0.630. The molecule has 1 aliphatic heterocycles. The second kappa shape index (κ2) is 7.32. The van der Waals surface area contributed by atoms with Crippen molar-refractivity contribution >= 4 is 22.1 Å². The smallest absolute Gasteiger partial charge is 0.139 e. The van der Waals surface area contributed by atoms with Gasteiger partial charge in [0.05, 0.1) is 18.4 Å². The summed E-state index contributed by atoms with van der Waals surface area (Å²) in [6.07, 6.45) is 6.71. The molecule has 2 N–H and O–H groups in total. The summed E-state index contributed by atoms with van der Waals surface area (Å²) in [6.45, 7) is 4.52. The summed E-state index contributed by atoms with van der Waals surface area (Å²) in [5, 5.41) is 11.3. The van der Waals surface area contributed by atoms with E-state index < -0.39 is 6.10 Å². The summed E-state index contributed by atoms with van der Waals surface area (Å²) in [5.74, 6) is 0.708. The number of alkyl halides is 1. The highest BCUT2D eigenvalue weighted by atomic mass is 19.1. The van der Waals surface area contributed by atoms with Crippen LogP contribution < -0.4 is 0 Å². The number of pyridine rings is 1. The van der Waals surface area contributed by atoms with E-state index in [4.69, 9.17) is 0 Å². The molecule has 4 heterocycles. The van der Waals surface area contributed by atoms with E-state index in [2.05, 4.69) is 24.4 Å². The molecule has 26 heavy (non-hydrogen) atoms. The molecule has 0 bridgehead atoms. The van der Waals surface area contributed by atoms with Crippen LogP contribution in [0.4, 0.5) is 4.39 Å². The first-order chi connectivity index (χ1) is 12.7. The third kappa shape index (κ3) is 3.10. The third-order valence-electron chi connectivity index (χ3n) is 5.36. The third-order valence-corrected chi connectivity index (χ3v) is 5.36. The number of likely N-dealkylation sites (tertiary alicyclic amines) is 1. The van der Waals surface area contributed by atoms with Gasteiger partial charge in [-0.25, -0.2) is 9.97 Å². The molecule has 3 aromatic heterocycles. The Balaban J connectivity index is 1.65. The zero-order valence-electron chi connectivity index (χ0n) is 15.2. The minimum Gasteiger partial charge on any atom is -0.385 e. The van der Waals surface area contributed by atoms with Crippen molar-refractivity contribution in [2.45, 2.75) is 44.8 Å². The largest absolute Gasteiger partial charge is 0.385 e. The van der Waals surface area contributed by atoms with Crippen LogP contribution in [-0.4, -0.2) is 55.8 Å². The number of hydrogen-bond acceptors (Lipinski definition) is 4. The molecule has 0 saturated carbocycles. The number of aromatic nitrogens is 4. The normalized spacial score (nSPS) is 19.7. The number of fused-ring (bicyclic) bond motifs is 3. The second-order valence-corrected chi connectivity index (χ2v) is 7.24. The van der Waals surface area contributed by atoms with Crippen molar-refractivity contribution in [1.29, 1.82) is 0 Å². The quantitative estimate of drug-likeness (QED) is 0.635. The Morgan fingerprint density at radius 2 is 2.27 bits per heavy atom. The highest BCUT2D eigenvalue weighted by Crippen LogP contribution is 2.33. The van der Waals surface area contributed by atoms with Crippen LogP contribution in [0.25, 0.3) is 22.1 Å². The van der Waals surface area contributed by atoms with E-state index >= 15 is 0 Å². The summed E-state index contributed by atoms with van der Waals surface area (Å²) >= 11 is 0. The molecule has 1 saturated heterocycles. The molecule has 6 nitrogen and oxygen atoms in total. The maximum atomic E-state index is 12.3. The molecular formula is C19H26FN5O. The van der Waals surface area contributed by atoms with Crippen LogP contribution in [0.2, 0.25) is 0 Å². The van der Waals surface area contributed by atoms with Gasteiger partial charge in [0.1, 0.15) is 23.1 Å². The van der Waals surface area contributed by atoms with Gasteiger partial charge in [0, 0.05) is 30.7 Å². The molecule has 0 aliphatic carbocycles.